The predicted molar refractivity (Wildman–Crippen MR) is 73.0 cm³/mol. The molecule has 1 unspecified atom stereocenters. The Hall–Kier alpha value is -0.920. The lowest BCUT2D eigenvalue weighted by atomic mass is 10.0. The van der Waals surface area contributed by atoms with Crippen LogP contribution >= 0.6 is 0 Å². The van der Waals surface area contributed by atoms with Crippen LogP contribution < -0.4 is 4.72 Å². The third-order valence-corrected chi connectivity index (χ3v) is 4.50. The number of sulfonamides is 1. The van der Waals surface area contributed by atoms with Crippen LogP contribution in [-0.4, -0.2) is 29.8 Å². The van der Waals surface area contributed by atoms with Crippen LogP contribution in [0.1, 0.15) is 45.6 Å². The van der Waals surface area contributed by atoms with E-state index in [0.717, 1.165) is 19.3 Å². The van der Waals surface area contributed by atoms with Crippen LogP contribution in [0.15, 0.2) is 11.2 Å². The molecule has 0 aromatic carbocycles. The number of H-pyrrole nitrogens is 1. The molecule has 1 heterocycles. The molecule has 1 atom stereocenters. The van der Waals surface area contributed by atoms with Crippen LogP contribution in [0.4, 0.5) is 0 Å². The highest BCUT2D eigenvalue weighted by Crippen LogP contribution is 2.14. The Morgan fingerprint density at radius 1 is 1.37 bits per heavy atom. The Balaban J connectivity index is 2.60. The third kappa shape index (κ3) is 4.93. The van der Waals surface area contributed by atoms with E-state index >= 15 is 0 Å². The van der Waals surface area contributed by atoms with Crippen LogP contribution in [0.2, 0.25) is 0 Å². The van der Waals surface area contributed by atoms with Gasteiger partial charge in [0.05, 0.1) is 12.8 Å². The molecule has 3 N–H and O–H groups in total. The van der Waals surface area contributed by atoms with Gasteiger partial charge in [-0.05, 0) is 19.3 Å². The summed E-state index contributed by atoms with van der Waals surface area (Å²) in [6, 6.07) is -0.140. The molecule has 0 saturated heterocycles. The number of nitrogens with one attached hydrogen (secondary N) is 2. The van der Waals surface area contributed by atoms with Crippen LogP contribution in [-0.2, 0) is 16.6 Å². The van der Waals surface area contributed by atoms with E-state index in [1.807, 2.05) is 6.92 Å². The first-order valence-electron chi connectivity index (χ1n) is 6.52. The second-order valence-corrected chi connectivity index (χ2v) is 6.88. The zero-order valence-electron chi connectivity index (χ0n) is 11.7. The average molecular weight is 289 g/mol. The van der Waals surface area contributed by atoms with Crippen molar-refractivity contribution in [2.75, 3.05) is 0 Å². The molecule has 0 aliphatic rings. The third-order valence-electron chi connectivity index (χ3n) is 2.89. The van der Waals surface area contributed by atoms with Gasteiger partial charge in [0.2, 0.25) is 0 Å². The predicted octanol–water partition coefficient (Wildman–Crippen LogP) is 1.40. The molecule has 1 aromatic rings. The van der Waals surface area contributed by atoms with Gasteiger partial charge in [-0.2, -0.15) is 5.10 Å². The molecule has 0 aliphatic carbocycles. The Morgan fingerprint density at radius 3 is 2.63 bits per heavy atom. The average Bonchev–Trinajstić information content (AvgIpc) is 2.76. The van der Waals surface area contributed by atoms with Gasteiger partial charge >= 0.3 is 0 Å². The van der Waals surface area contributed by atoms with Gasteiger partial charge in [-0.3, -0.25) is 5.10 Å². The van der Waals surface area contributed by atoms with Gasteiger partial charge in [0, 0.05) is 11.6 Å². The van der Waals surface area contributed by atoms with Gasteiger partial charge in [-0.15, -0.1) is 0 Å². The number of aliphatic hydroxyl groups excluding tert-OH is 1. The second-order valence-electron chi connectivity index (χ2n) is 5.23. The first-order chi connectivity index (χ1) is 8.86. The SMILES string of the molecule is CC(C)CCCC(C)NS(=O)(=O)c1[nH]ncc1CO. The van der Waals surface area contributed by atoms with Crippen molar-refractivity contribution in [3.8, 4) is 0 Å². The van der Waals surface area contributed by atoms with E-state index in [1.54, 1.807) is 0 Å². The van der Waals surface area contributed by atoms with E-state index in [-0.39, 0.29) is 23.2 Å². The topological polar surface area (TPSA) is 95.1 Å². The number of aliphatic hydroxyl groups is 1. The molecule has 0 spiro atoms. The fourth-order valence-corrected chi connectivity index (χ4v) is 3.26. The standard InChI is InChI=1S/C12H23N3O3S/c1-9(2)5-4-6-10(3)15-19(17,18)12-11(8-16)7-13-14-12/h7,9-10,15-16H,4-6,8H2,1-3H3,(H,13,14). The maximum absolute atomic E-state index is 12.1. The zero-order chi connectivity index (χ0) is 14.5. The van der Waals surface area contributed by atoms with E-state index in [0.29, 0.717) is 5.92 Å². The van der Waals surface area contributed by atoms with Gasteiger partial charge in [0.15, 0.2) is 5.03 Å². The Labute approximate surface area is 114 Å². The Bertz CT molecular complexity index is 482. The zero-order valence-corrected chi connectivity index (χ0v) is 12.5. The first kappa shape index (κ1) is 16.1. The summed E-state index contributed by atoms with van der Waals surface area (Å²) >= 11 is 0. The van der Waals surface area contributed by atoms with Gasteiger partial charge in [-0.1, -0.05) is 26.7 Å². The maximum atomic E-state index is 12.1. The number of hydrogen-bond donors (Lipinski definition) is 3. The highest BCUT2D eigenvalue weighted by molar-refractivity contribution is 7.89. The monoisotopic (exact) mass is 289 g/mol. The minimum Gasteiger partial charge on any atom is -0.392 e. The van der Waals surface area contributed by atoms with Crippen molar-refractivity contribution in [2.24, 2.45) is 5.92 Å². The fourth-order valence-electron chi connectivity index (χ4n) is 1.86. The molecule has 19 heavy (non-hydrogen) atoms. The Morgan fingerprint density at radius 2 is 2.05 bits per heavy atom. The summed E-state index contributed by atoms with van der Waals surface area (Å²) in [4.78, 5) is 0. The van der Waals surface area contributed by atoms with Crippen molar-refractivity contribution < 1.29 is 13.5 Å². The van der Waals surface area contributed by atoms with E-state index < -0.39 is 10.0 Å². The van der Waals surface area contributed by atoms with Crippen LogP contribution in [0.3, 0.4) is 0 Å². The smallest absolute Gasteiger partial charge is 0.258 e. The molecule has 0 radical (unpaired) electrons. The molecule has 1 aromatic heterocycles. The quantitative estimate of drug-likeness (QED) is 0.674. The summed E-state index contributed by atoms with van der Waals surface area (Å²) in [5.41, 5.74) is 0.280. The summed E-state index contributed by atoms with van der Waals surface area (Å²) in [6.07, 6.45) is 4.17. The molecule has 0 amide bonds. The lowest BCUT2D eigenvalue weighted by molar-refractivity contribution is 0.278. The number of nitrogens with zero attached hydrogens (tertiary/aromatic N) is 1. The van der Waals surface area contributed by atoms with Crippen molar-refractivity contribution in [1.82, 2.24) is 14.9 Å². The maximum Gasteiger partial charge on any atom is 0.258 e. The van der Waals surface area contributed by atoms with Gasteiger partial charge in [0.1, 0.15) is 0 Å². The number of rotatable bonds is 8. The molecule has 7 heteroatoms. The summed E-state index contributed by atoms with van der Waals surface area (Å²) < 4.78 is 26.8. The summed E-state index contributed by atoms with van der Waals surface area (Å²) in [6.45, 7) is 5.78. The van der Waals surface area contributed by atoms with Crippen LogP contribution in [0.5, 0.6) is 0 Å². The number of hydrogen-bond acceptors (Lipinski definition) is 4. The van der Waals surface area contributed by atoms with E-state index in [2.05, 4.69) is 28.8 Å². The normalized spacial score (nSPS) is 13.9. The number of aromatic amines is 1. The molecule has 1 rings (SSSR count). The largest absolute Gasteiger partial charge is 0.392 e. The summed E-state index contributed by atoms with van der Waals surface area (Å²) in [7, 11) is -3.64. The lowest BCUT2D eigenvalue weighted by Gasteiger charge is -2.14. The lowest BCUT2D eigenvalue weighted by Crippen LogP contribution is -2.33. The minimum absolute atomic E-state index is 0.0503. The molecule has 0 saturated carbocycles. The van der Waals surface area contributed by atoms with Crippen molar-refractivity contribution in [2.45, 2.75) is 57.7 Å². The molecule has 0 aliphatic heterocycles. The van der Waals surface area contributed by atoms with E-state index in [4.69, 9.17) is 5.11 Å². The van der Waals surface area contributed by atoms with Crippen molar-refractivity contribution in [3.05, 3.63) is 11.8 Å². The highest BCUT2D eigenvalue weighted by atomic mass is 32.2. The highest BCUT2D eigenvalue weighted by Gasteiger charge is 2.22. The van der Waals surface area contributed by atoms with E-state index in [9.17, 15) is 8.42 Å². The van der Waals surface area contributed by atoms with Crippen molar-refractivity contribution in [3.63, 3.8) is 0 Å². The van der Waals surface area contributed by atoms with Gasteiger partial charge < -0.3 is 5.11 Å². The minimum atomic E-state index is -3.64. The first-order valence-corrected chi connectivity index (χ1v) is 8.00. The van der Waals surface area contributed by atoms with Crippen molar-refractivity contribution >= 4 is 10.0 Å². The molecular formula is C12H23N3O3S. The van der Waals surface area contributed by atoms with Crippen LogP contribution in [0.25, 0.3) is 0 Å². The van der Waals surface area contributed by atoms with Crippen LogP contribution in [0, 0.1) is 5.92 Å². The Kier molecular flexibility index (Phi) is 5.96. The van der Waals surface area contributed by atoms with E-state index in [1.165, 1.54) is 6.20 Å². The molecule has 0 bridgehead atoms. The molecular weight excluding hydrogens is 266 g/mol. The molecule has 6 nitrogen and oxygen atoms in total. The van der Waals surface area contributed by atoms with Gasteiger partial charge in [0.25, 0.3) is 10.0 Å². The fraction of sp³-hybridized carbons (Fsp3) is 0.750. The molecule has 0 fully saturated rings. The molecule has 110 valence electrons. The summed E-state index contributed by atoms with van der Waals surface area (Å²) in [5.74, 6) is 0.623. The van der Waals surface area contributed by atoms with Crippen molar-refractivity contribution in [1.29, 1.82) is 0 Å². The summed E-state index contributed by atoms with van der Waals surface area (Å²) in [5, 5.41) is 15.1. The van der Waals surface area contributed by atoms with Gasteiger partial charge in [-0.25, -0.2) is 13.1 Å². The number of aromatic nitrogens is 2. The second kappa shape index (κ2) is 7.02.